The van der Waals surface area contributed by atoms with Crippen molar-refractivity contribution >= 4 is 29.4 Å². The predicted octanol–water partition coefficient (Wildman–Crippen LogP) is -1.94. The first-order valence-corrected chi connectivity index (χ1v) is 7.73. The number of rotatable bonds is 4. The largest absolute Gasteiger partial charge is 0.548 e. The number of ether oxygens (including phenoxy) is 1. The molecule has 2 aliphatic heterocycles. The molecule has 132 valence electrons. The fraction of sp³-hybridized carbons (Fsp3) is 0.375. The van der Waals surface area contributed by atoms with E-state index in [1.165, 1.54) is 9.80 Å². The van der Waals surface area contributed by atoms with Crippen molar-refractivity contribution in [3.63, 3.8) is 0 Å². The van der Waals surface area contributed by atoms with E-state index in [-0.39, 0.29) is 31.4 Å². The molecule has 0 aliphatic carbocycles. The highest BCUT2D eigenvalue weighted by molar-refractivity contribution is 6.10. The van der Waals surface area contributed by atoms with E-state index < -0.39 is 31.1 Å². The Hall–Kier alpha value is -2.94. The minimum atomic E-state index is -1.41. The van der Waals surface area contributed by atoms with Crippen LogP contribution in [0.5, 0.6) is 0 Å². The molecule has 3 rings (SSSR count). The second-order valence-corrected chi connectivity index (χ2v) is 5.75. The van der Waals surface area contributed by atoms with Crippen LogP contribution in [0.15, 0.2) is 24.3 Å². The van der Waals surface area contributed by atoms with Crippen molar-refractivity contribution in [1.29, 1.82) is 0 Å². The van der Waals surface area contributed by atoms with Crippen LogP contribution in [-0.4, -0.2) is 72.4 Å². The van der Waals surface area contributed by atoms with Crippen LogP contribution in [0.2, 0.25) is 0 Å². The fourth-order valence-corrected chi connectivity index (χ4v) is 2.94. The van der Waals surface area contributed by atoms with Gasteiger partial charge < -0.3 is 29.8 Å². The van der Waals surface area contributed by atoms with Gasteiger partial charge in [-0.1, -0.05) is 12.1 Å². The third-order valence-corrected chi connectivity index (χ3v) is 4.16. The van der Waals surface area contributed by atoms with Crippen LogP contribution in [-0.2, 0) is 19.1 Å². The van der Waals surface area contributed by atoms with Gasteiger partial charge in [0.25, 0.3) is 5.91 Å². The molecule has 2 aliphatic rings. The molecule has 9 heteroatoms. The van der Waals surface area contributed by atoms with E-state index in [0.29, 0.717) is 11.3 Å². The zero-order chi connectivity index (χ0) is 18.0. The summed E-state index contributed by atoms with van der Waals surface area (Å²) < 4.78 is 4.74. The van der Waals surface area contributed by atoms with E-state index in [2.05, 4.69) is 5.32 Å². The van der Waals surface area contributed by atoms with Gasteiger partial charge in [-0.15, -0.1) is 0 Å². The first-order chi connectivity index (χ1) is 12.0. The number of aliphatic carboxylic acids is 1. The van der Waals surface area contributed by atoms with Crippen LogP contribution in [0.1, 0.15) is 10.4 Å². The SMILES string of the molecule is O=C([O-])COCC(=O)N1CCN2C(=O)c3ccccc3NC(=O)[C@@H]2C1. The van der Waals surface area contributed by atoms with E-state index in [9.17, 15) is 24.3 Å². The number of hydrogen-bond donors (Lipinski definition) is 1. The van der Waals surface area contributed by atoms with E-state index >= 15 is 0 Å². The highest BCUT2D eigenvalue weighted by atomic mass is 16.5. The van der Waals surface area contributed by atoms with Crippen LogP contribution < -0.4 is 10.4 Å². The Balaban J connectivity index is 1.71. The van der Waals surface area contributed by atoms with Crippen molar-refractivity contribution in [2.75, 3.05) is 38.2 Å². The number of piperazine rings is 1. The van der Waals surface area contributed by atoms with Gasteiger partial charge >= 0.3 is 0 Å². The number of para-hydroxylation sites is 1. The van der Waals surface area contributed by atoms with Gasteiger partial charge in [0.2, 0.25) is 11.8 Å². The number of benzene rings is 1. The van der Waals surface area contributed by atoms with Gasteiger partial charge in [0, 0.05) is 13.1 Å². The monoisotopic (exact) mass is 346 g/mol. The second-order valence-electron chi connectivity index (χ2n) is 5.75. The smallest absolute Gasteiger partial charge is 0.256 e. The maximum Gasteiger partial charge on any atom is 0.256 e. The lowest BCUT2D eigenvalue weighted by Gasteiger charge is -2.39. The number of anilines is 1. The van der Waals surface area contributed by atoms with Gasteiger partial charge in [-0.2, -0.15) is 0 Å². The topological polar surface area (TPSA) is 119 Å². The molecule has 0 aromatic heterocycles. The molecule has 0 spiro atoms. The van der Waals surface area contributed by atoms with Crippen LogP contribution in [0.3, 0.4) is 0 Å². The maximum absolute atomic E-state index is 12.7. The molecule has 1 atom stereocenters. The zero-order valence-corrected chi connectivity index (χ0v) is 13.3. The van der Waals surface area contributed by atoms with Gasteiger partial charge in [0.1, 0.15) is 12.6 Å². The lowest BCUT2D eigenvalue weighted by atomic mass is 10.1. The first kappa shape index (κ1) is 16.9. The van der Waals surface area contributed by atoms with E-state index in [1.807, 2.05) is 0 Å². The fourth-order valence-electron chi connectivity index (χ4n) is 2.94. The summed E-state index contributed by atoms with van der Waals surface area (Å²) in [6.07, 6.45) is 0. The molecule has 2 heterocycles. The first-order valence-electron chi connectivity index (χ1n) is 7.73. The van der Waals surface area contributed by atoms with E-state index in [0.717, 1.165) is 0 Å². The normalized spacial score (nSPS) is 19.6. The highest BCUT2D eigenvalue weighted by Crippen LogP contribution is 2.25. The summed E-state index contributed by atoms with van der Waals surface area (Å²) in [5, 5.41) is 13.0. The Labute approximate surface area is 143 Å². The number of hydrogen-bond acceptors (Lipinski definition) is 6. The van der Waals surface area contributed by atoms with Crippen LogP contribution in [0.25, 0.3) is 0 Å². The molecule has 1 aromatic carbocycles. The Morgan fingerprint density at radius 3 is 2.72 bits per heavy atom. The average molecular weight is 346 g/mol. The Morgan fingerprint density at radius 2 is 1.96 bits per heavy atom. The van der Waals surface area contributed by atoms with Crippen molar-refractivity contribution in [1.82, 2.24) is 9.80 Å². The quantitative estimate of drug-likeness (QED) is 0.677. The highest BCUT2D eigenvalue weighted by Gasteiger charge is 2.40. The molecule has 1 aromatic rings. The minimum Gasteiger partial charge on any atom is -0.548 e. The summed E-state index contributed by atoms with van der Waals surface area (Å²) >= 11 is 0. The number of nitrogens with one attached hydrogen (secondary N) is 1. The summed E-state index contributed by atoms with van der Waals surface area (Å²) in [6, 6.07) is 5.93. The lowest BCUT2D eigenvalue weighted by molar-refractivity contribution is -0.309. The Bertz CT molecular complexity index is 734. The molecular formula is C16H16N3O6-. The van der Waals surface area contributed by atoms with Crippen LogP contribution >= 0.6 is 0 Å². The number of carboxylic acid groups (broad SMARTS) is 1. The van der Waals surface area contributed by atoms with E-state index in [1.54, 1.807) is 24.3 Å². The molecule has 25 heavy (non-hydrogen) atoms. The molecule has 3 amide bonds. The van der Waals surface area contributed by atoms with Gasteiger partial charge in [-0.3, -0.25) is 14.4 Å². The van der Waals surface area contributed by atoms with Crippen molar-refractivity contribution < 1.29 is 29.0 Å². The summed E-state index contributed by atoms with van der Waals surface area (Å²) in [6.45, 7) is -0.623. The van der Waals surface area contributed by atoms with Crippen molar-refractivity contribution in [2.45, 2.75) is 6.04 Å². The summed E-state index contributed by atoms with van der Waals surface area (Å²) in [4.78, 5) is 50.4. The number of carbonyl (C=O) groups is 4. The van der Waals surface area contributed by atoms with Crippen LogP contribution in [0, 0.1) is 0 Å². The molecule has 0 bridgehead atoms. The van der Waals surface area contributed by atoms with Gasteiger partial charge in [0.15, 0.2) is 0 Å². The molecule has 0 unspecified atom stereocenters. The number of nitrogens with zero attached hydrogens (tertiary/aromatic N) is 2. The predicted molar refractivity (Wildman–Crippen MR) is 82.3 cm³/mol. The maximum atomic E-state index is 12.7. The van der Waals surface area contributed by atoms with Gasteiger partial charge in [0.05, 0.1) is 30.4 Å². The van der Waals surface area contributed by atoms with Crippen LogP contribution in [0.4, 0.5) is 5.69 Å². The molecule has 1 saturated heterocycles. The van der Waals surface area contributed by atoms with Crippen molar-refractivity contribution in [3.8, 4) is 0 Å². The molecule has 0 radical (unpaired) electrons. The number of amides is 3. The standard InChI is InChI=1S/C16H17N3O6/c20-13(8-25-9-14(21)22)18-5-6-19-12(7-18)15(23)17-11-4-2-1-3-10(11)16(19)24/h1-4,12H,5-9H2,(H,17,23)(H,21,22)/p-1/t12-/m0/s1. The van der Waals surface area contributed by atoms with E-state index in [4.69, 9.17) is 4.74 Å². The molecule has 9 nitrogen and oxygen atoms in total. The minimum absolute atomic E-state index is 0.0269. The van der Waals surface area contributed by atoms with Gasteiger partial charge in [-0.05, 0) is 12.1 Å². The Morgan fingerprint density at radius 1 is 1.20 bits per heavy atom. The zero-order valence-electron chi connectivity index (χ0n) is 13.3. The third kappa shape index (κ3) is 3.45. The van der Waals surface area contributed by atoms with Crippen molar-refractivity contribution in [3.05, 3.63) is 29.8 Å². The number of carbonyl (C=O) groups excluding carboxylic acids is 4. The second kappa shape index (κ2) is 6.89. The lowest BCUT2D eigenvalue weighted by Crippen LogP contribution is -2.60. The summed E-state index contributed by atoms with van der Waals surface area (Å²) in [7, 11) is 0. The molecule has 0 saturated carbocycles. The molecule has 1 fully saturated rings. The third-order valence-electron chi connectivity index (χ3n) is 4.16. The number of fused-ring (bicyclic) bond motifs is 2. The van der Waals surface area contributed by atoms with Gasteiger partial charge in [-0.25, -0.2) is 0 Å². The molecular weight excluding hydrogens is 330 g/mol. The Kier molecular flexibility index (Phi) is 4.66. The van der Waals surface area contributed by atoms with Crippen molar-refractivity contribution in [2.24, 2.45) is 0 Å². The summed E-state index contributed by atoms with van der Waals surface area (Å²) in [5.41, 5.74) is 0.859. The summed E-state index contributed by atoms with van der Waals surface area (Å²) in [5.74, 6) is -2.49. The number of carboxylic acids is 1. The molecule has 1 N–H and O–H groups in total. The average Bonchev–Trinajstić information content (AvgIpc) is 2.70.